The molecule has 50 heavy (non-hydrogen) atoms. The normalized spacial score (nSPS) is 17.9. The van der Waals surface area contributed by atoms with Gasteiger partial charge >= 0.3 is 0 Å². The summed E-state index contributed by atoms with van der Waals surface area (Å²) in [4.78, 5) is 39.9. The standard InChI is InChI=1S/C38H44N6O6/c1-23-29(7-5-9-31(23)41-37(47)33-15-35(49-3)25(17-39-33)19-43-13-11-27(45)21-43)30-8-6-10-32(24(30)2)42-38(48)34-16-36(50-4)26(18-40-34)20-44-14-12-28(46)22-44/h5-10,15-18,27-28,45-46H,11-14,19-22H2,1-4H3,(H,41,47)(H,42,48)/t27-,28-/m0/s1. The molecule has 2 aliphatic rings. The fourth-order valence-electron chi connectivity index (χ4n) is 6.69. The van der Waals surface area contributed by atoms with E-state index >= 15 is 0 Å². The van der Waals surface area contributed by atoms with Crippen LogP contribution in [-0.2, 0) is 13.1 Å². The Morgan fingerprint density at radius 1 is 0.740 bits per heavy atom. The van der Waals surface area contributed by atoms with Gasteiger partial charge in [-0.05, 0) is 61.1 Å². The fraction of sp³-hybridized carbons (Fsp3) is 0.368. The maximum Gasteiger partial charge on any atom is 0.274 e. The first-order chi connectivity index (χ1) is 24.1. The topological polar surface area (TPSA) is 149 Å². The second kappa shape index (κ2) is 15.3. The quantitative estimate of drug-likeness (QED) is 0.179. The first kappa shape index (κ1) is 35.0. The third-order valence-electron chi connectivity index (χ3n) is 9.53. The minimum absolute atomic E-state index is 0.228. The summed E-state index contributed by atoms with van der Waals surface area (Å²) in [5.74, 6) is 0.408. The van der Waals surface area contributed by atoms with E-state index in [1.165, 1.54) is 0 Å². The van der Waals surface area contributed by atoms with Crippen molar-refractivity contribution in [3.8, 4) is 22.6 Å². The number of rotatable bonds is 11. The number of amides is 2. The van der Waals surface area contributed by atoms with E-state index in [9.17, 15) is 19.8 Å². The number of nitrogens with zero attached hydrogens (tertiary/aromatic N) is 4. The van der Waals surface area contributed by atoms with E-state index in [0.717, 1.165) is 59.3 Å². The molecule has 2 aromatic heterocycles. The molecule has 0 aliphatic carbocycles. The Morgan fingerprint density at radius 2 is 1.16 bits per heavy atom. The van der Waals surface area contributed by atoms with Crippen molar-refractivity contribution in [1.29, 1.82) is 0 Å². The van der Waals surface area contributed by atoms with Crippen LogP contribution in [0.3, 0.4) is 0 Å². The number of carbonyl (C=O) groups is 2. The smallest absolute Gasteiger partial charge is 0.274 e. The van der Waals surface area contributed by atoms with E-state index in [1.807, 2.05) is 50.2 Å². The summed E-state index contributed by atoms with van der Waals surface area (Å²) in [6.07, 6.45) is 4.15. The van der Waals surface area contributed by atoms with Crippen molar-refractivity contribution in [2.24, 2.45) is 0 Å². The zero-order valence-corrected chi connectivity index (χ0v) is 28.9. The van der Waals surface area contributed by atoms with Crippen molar-refractivity contribution in [2.75, 3.05) is 51.0 Å². The number of pyridine rings is 2. The average Bonchev–Trinajstić information content (AvgIpc) is 3.73. The van der Waals surface area contributed by atoms with Gasteiger partial charge in [-0.25, -0.2) is 0 Å². The molecule has 4 aromatic rings. The highest BCUT2D eigenvalue weighted by molar-refractivity contribution is 6.05. The van der Waals surface area contributed by atoms with Gasteiger partial charge in [0, 0.05) is 86.3 Å². The van der Waals surface area contributed by atoms with Crippen LogP contribution in [0.1, 0.15) is 56.1 Å². The summed E-state index contributed by atoms with van der Waals surface area (Å²) >= 11 is 0. The second-order valence-corrected chi connectivity index (χ2v) is 13.0. The summed E-state index contributed by atoms with van der Waals surface area (Å²) in [6, 6.07) is 14.7. The Hall–Kier alpha value is -4.88. The fourth-order valence-corrected chi connectivity index (χ4v) is 6.69. The largest absolute Gasteiger partial charge is 0.496 e. The maximum absolute atomic E-state index is 13.4. The molecule has 4 N–H and O–H groups in total. The highest BCUT2D eigenvalue weighted by Crippen LogP contribution is 2.34. The monoisotopic (exact) mass is 680 g/mol. The lowest BCUT2D eigenvalue weighted by Crippen LogP contribution is -2.22. The number of ether oxygens (including phenoxy) is 2. The Balaban J connectivity index is 1.16. The van der Waals surface area contributed by atoms with Crippen molar-refractivity contribution in [3.05, 3.63) is 94.6 Å². The molecule has 2 aliphatic heterocycles. The van der Waals surface area contributed by atoms with Crippen LogP contribution in [0.5, 0.6) is 11.5 Å². The van der Waals surface area contributed by atoms with Crippen LogP contribution in [0.15, 0.2) is 60.9 Å². The van der Waals surface area contributed by atoms with Crippen LogP contribution >= 0.6 is 0 Å². The number of β-amino-alcohol motifs (C(OH)–C–C–N with tert-alkyl or cyclic N) is 2. The second-order valence-electron chi connectivity index (χ2n) is 13.0. The van der Waals surface area contributed by atoms with Gasteiger partial charge in [-0.2, -0.15) is 0 Å². The average molecular weight is 681 g/mol. The van der Waals surface area contributed by atoms with E-state index in [0.29, 0.717) is 49.1 Å². The molecule has 0 spiro atoms. The third kappa shape index (κ3) is 7.79. The Morgan fingerprint density at radius 3 is 1.52 bits per heavy atom. The lowest BCUT2D eigenvalue weighted by Gasteiger charge is -2.18. The van der Waals surface area contributed by atoms with Crippen LogP contribution in [0.25, 0.3) is 11.1 Å². The number of aromatic nitrogens is 2. The molecule has 2 fully saturated rings. The molecular formula is C38H44N6O6. The van der Waals surface area contributed by atoms with Crippen molar-refractivity contribution in [3.63, 3.8) is 0 Å². The van der Waals surface area contributed by atoms with Gasteiger partial charge < -0.3 is 30.3 Å². The van der Waals surface area contributed by atoms with E-state index in [1.54, 1.807) is 38.7 Å². The van der Waals surface area contributed by atoms with E-state index in [2.05, 4.69) is 30.4 Å². The number of carbonyl (C=O) groups excluding carboxylic acids is 2. The van der Waals surface area contributed by atoms with E-state index in [4.69, 9.17) is 9.47 Å². The molecule has 0 unspecified atom stereocenters. The zero-order valence-electron chi connectivity index (χ0n) is 28.9. The number of aliphatic hydroxyl groups is 2. The summed E-state index contributed by atoms with van der Waals surface area (Å²) in [5, 5.41) is 25.8. The number of nitrogens with one attached hydrogen (secondary N) is 2. The van der Waals surface area contributed by atoms with Gasteiger partial charge in [0.15, 0.2) is 0 Å². The van der Waals surface area contributed by atoms with Crippen molar-refractivity contribution >= 4 is 23.2 Å². The zero-order chi connectivity index (χ0) is 35.4. The summed E-state index contributed by atoms with van der Waals surface area (Å²) in [6.45, 7) is 7.84. The number of hydrogen-bond acceptors (Lipinski definition) is 10. The molecule has 12 heteroatoms. The minimum atomic E-state index is -0.364. The Kier molecular flexibility index (Phi) is 10.7. The molecule has 0 saturated carbocycles. The Labute approximate surface area is 292 Å². The van der Waals surface area contributed by atoms with Gasteiger partial charge in [-0.1, -0.05) is 24.3 Å². The molecule has 2 atom stereocenters. The summed E-state index contributed by atoms with van der Waals surface area (Å²) in [5.41, 5.74) is 6.95. The number of aliphatic hydroxyl groups excluding tert-OH is 2. The van der Waals surface area contributed by atoms with Gasteiger partial charge in [-0.15, -0.1) is 0 Å². The highest BCUT2D eigenvalue weighted by Gasteiger charge is 2.24. The maximum atomic E-state index is 13.4. The molecule has 262 valence electrons. The van der Waals surface area contributed by atoms with E-state index in [-0.39, 0.29) is 35.4 Å². The molecule has 6 rings (SSSR count). The third-order valence-corrected chi connectivity index (χ3v) is 9.53. The molecule has 2 aromatic carbocycles. The van der Waals surface area contributed by atoms with Crippen LogP contribution in [-0.4, -0.2) is 94.4 Å². The molecular weight excluding hydrogens is 636 g/mol. The van der Waals surface area contributed by atoms with Gasteiger partial charge in [-0.3, -0.25) is 29.4 Å². The van der Waals surface area contributed by atoms with E-state index < -0.39 is 0 Å². The number of anilines is 2. The lowest BCUT2D eigenvalue weighted by atomic mass is 9.94. The van der Waals surface area contributed by atoms with Crippen molar-refractivity contribution < 1.29 is 29.3 Å². The highest BCUT2D eigenvalue weighted by atomic mass is 16.5. The first-order valence-electron chi connectivity index (χ1n) is 16.8. The Bertz CT molecular complexity index is 1750. The molecule has 4 heterocycles. The molecule has 0 bridgehead atoms. The van der Waals surface area contributed by atoms with Crippen LogP contribution in [0.4, 0.5) is 11.4 Å². The predicted molar refractivity (Wildman–Crippen MR) is 191 cm³/mol. The van der Waals surface area contributed by atoms with Crippen LogP contribution in [0, 0.1) is 13.8 Å². The van der Waals surface area contributed by atoms with Crippen LogP contribution < -0.4 is 20.1 Å². The van der Waals surface area contributed by atoms with Gasteiger partial charge in [0.05, 0.1) is 26.4 Å². The summed E-state index contributed by atoms with van der Waals surface area (Å²) < 4.78 is 11.2. The number of likely N-dealkylation sites (tertiary alicyclic amines) is 2. The number of hydrogen-bond donors (Lipinski definition) is 4. The first-order valence-corrected chi connectivity index (χ1v) is 16.8. The van der Waals surface area contributed by atoms with Gasteiger partial charge in [0.25, 0.3) is 11.8 Å². The molecule has 2 saturated heterocycles. The summed E-state index contributed by atoms with van der Waals surface area (Å²) in [7, 11) is 3.14. The van der Waals surface area contributed by atoms with Gasteiger partial charge in [0.1, 0.15) is 22.9 Å². The van der Waals surface area contributed by atoms with Crippen molar-refractivity contribution in [1.82, 2.24) is 19.8 Å². The number of benzene rings is 2. The number of methoxy groups -OCH3 is 2. The van der Waals surface area contributed by atoms with Crippen molar-refractivity contribution in [2.45, 2.75) is 52.0 Å². The minimum Gasteiger partial charge on any atom is -0.496 e. The molecule has 12 nitrogen and oxygen atoms in total. The van der Waals surface area contributed by atoms with Gasteiger partial charge in [0.2, 0.25) is 0 Å². The predicted octanol–water partition coefficient (Wildman–Crippen LogP) is 4.42. The molecule has 2 amide bonds. The SMILES string of the molecule is COc1cc(C(=O)Nc2cccc(-c3cccc(NC(=O)c4cc(OC)c(CN5CC[C@H](O)C5)cn4)c3C)c2C)ncc1CN1CC[C@H](O)C1. The molecule has 0 radical (unpaired) electrons. The lowest BCUT2D eigenvalue weighted by molar-refractivity contribution is 0.101. The van der Waals surface area contributed by atoms with Crippen LogP contribution in [0.2, 0.25) is 0 Å².